The lowest BCUT2D eigenvalue weighted by molar-refractivity contribution is -0.146. The van der Waals surface area contributed by atoms with Crippen molar-refractivity contribution in [2.24, 2.45) is 39.7 Å². The van der Waals surface area contributed by atoms with Gasteiger partial charge >= 0.3 is 12.0 Å². The predicted octanol–water partition coefficient (Wildman–Crippen LogP) is 3.79. The molecule has 4 rings (SSSR count). The van der Waals surface area contributed by atoms with Gasteiger partial charge in [0, 0.05) is 6.54 Å². The van der Waals surface area contributed by atoms with Crippen LogP contribution in [0.15, 0.2) is 0 Å². The summed E-state index contributed by atoms with van der Waals surface area (Å²) in [5.41, 5.74) is 2.75. The molecule has 14 heteroatoms. The van der Waals surface area contributed by atoms with Crippen molar-refractivity contribution in [1.82, 2.24) is 26.2 Å². The van der Waals surface area contributed by atoms with E-state index in [2.05, 4.69) is 42.0 Å². The Balaban J connectivity index is 1.61. The lowest BCUT2D eigenvalue weighted by Crippen LogP contribution is -2.63. The number of nitrogens with zero attached hydrogens (tertiary/aromatic N) is 1. The Kier molecular flexibility index (Phi) is 13.2. The molecule has 0 radical (unpaired) electrons. The number of primary amides is 1. The zero-order valence-electron chi connectivity index (χ0n) is 33.8. The van der Waals surface area contributed by atoms with Gasteiger partial charge in [0.2, 0.25) is 23.5 Å². The number of aliphatic carboxylic acids is 1. The summed E-state index contributed by atoms with van der Waals surface area (Å²) in [6.07, 6.45) is 10.7. The van der Waals surface area contributed by atoms with Crippen molar-refractivity contribution in [3.05, 3.63) is 0 Å². The molecule has 0 aromatic carbocycles. The number of hydrogen-bond acceptors (Lipinski definition) is 7. The van der Waals surface area contributed by atoms with E-state index in [1.165, 1.54) is 18.7 Å². The van der Waals surface area contributed by atoms with Crippen LogP contribution in [0.4, 0.5) is 4.79 Å². The molecule has 1 saturated heterocycles. The number of urea groups is 1. The normalized spacial score (nSPS) is 23.8. The third-order valence-corrected chi connectivity index (χ3v) is 13.6. The number of carboxylic acids is 1. The summed E-state index contributed by atoms with van der Waals surface area (Å²) in [7, 11) is 0. The molecule has 5 atom stereocenters. The molecule has 0 bridgehead atoms. The van der Waals surface area contributed by atoms with E-state index in [0.717, 1.165) is 57.8 Å². The average molecular weight is 759 g/mol. The van der Waals surface area contributed by atoms with Crippen LogP contribution >= 0.6 is 0 Å². The Hall–Kier alpha value is -3.71. The second kappa shape index (κ2) is 16.6. The van der Waals surface area contributed by atoms with Gasteiger partial charge in [-0.2, -0.15) is 0 Å². The number of amides is 6. The highest BCUT2D eigenvalue weighted by Crippen LogP contribution is 2.59. The van der Waals surface area contributed by atoms with Gasteiger partial charge in [-0.15, -0.1) is 0 Å². The summed E-state index contributed by atoms with van der Waals surface area (Å²) in [5, 5.41) is 20.7. The highest BCUT2D eigenvalue weighted by atomic mass is 16.4. The van der Waals surface area contributed by atoms with Crippen molar-refractivity contribution in [1.29, 1.82) is 0 Å². The minimum absolute atomic E-state index is 0.0118. The fourth-order valence-electron chi connectivity index (χ4n) is 8.86. The number of Topliss-reactive ketones (excluding diaryl/α,β-unsaturated/α-hetero) is 1. The second-order valence-corrected chi connectivity index (χ2v) is 19.1. The fraction of sp³-hybridized carbons (Fsp3) is 0.825. The molecule has 1 aliphatic heterocycles. The molecule has 4 aliphatic rings. The average Bonchev–Trinajstić information content (AvgIpc) is 3.51. The molecular formula is C40H66N6O8. The maximum absolute atomic E-state index is 14.8. The van der Waals surface area contributed by atoms with Crippen molar-refractivity contribution in [3.63, 3.8) is 0 Å². The quantitative estimate of drug-likeness (QED) is 0.135. The molecule has 14 nitrogen and oxygen atoms in total. The lowest BCUT2D eigenvalue weighted by atomic mass is 9.51. The van der Waals surface area contributed by atoms with E-state index >= 15 is 0 Å². The standard InChI is InChI=1S/C40H66N6O8/c1-37(2,3)30(44-36(54)43-28(24-16-10-9-11-17-24)33(50)45-39(6,7)35(52)53)34(51)46-22-25(38(4,5)40(8)18-13-19-40)21-27(46)32(49)42-26(29(47)31(41)48)20-23-14-12-15-23/h23-28,30H,9-22H2,1-8H3,(H2,41,48)(H,42,49)(H,45,50)(H,52,53)(H2,43,44,54)/t25?,26?,27-,28-,30+/m0/s1. The second-order valence-electron chi connectivity index (χ2n) is 19.1. The van der Waals surface area contributed by atoms with Crippen LogP contribution in [-0.2, 0) is 28.8 Å². The first-order valence-corrected chi connectivity index (χ1v) is 20.1. The van der Waals surface area contributed by atoms with E-state index in [9.17, 15) is 38.7 Å². The number of nitrogens with one attached hydrogen (secondary N) is 4. The Morgan fingerprint density at radius 1 is 0.833 bits per heavy atom. The number of carbonyl (C=O) groups is 7. The smallest absolute Gasteiger partial charge is 0.328 e. The van der Waals surface area contributed by atoms with Gasteiger partial charge < -0.3 is 37.0 Å². The Morgan fingerprint density at radius 3 is 1.93 bits per heavy atom. The molecule has 3 aliphatic carbocycles. The van der Waals surface area contributed by atoms with Crippen LogP contribution in [0.25, 0.3) is 0 Å². The Bertz CT molecular complexity index is 1460. The maximum Gasteiger partial charge on any atom is 0.328 e. The summed E-state index contributed by atoms with van der Waals surface area (Å²) in [4.78, 5) is 94.8. The van der Waals surface area contributed by atoms with Crippen LogP contribution in [0.1, 0.15) is 139 Å². The van der Waals surface area contributed by atoms with Gasteiger partial charge in [-0.1, -0.05) is 86.5 Å². The molecular weight excluding hydrogens is 692 g/mol. The summed E-state index contributed by atoms with van der Waals surface area (Å²) in [6, 6.07) is -4.98. The van der Waals surface area contributed by atoms with E-state index in [-0.39, 0.29) is 35.1 Å². The van der Waals surface area contributed by atoms with Crippen LogP contribution in [0.2, 0.25) is 0 Å². The van der Waals surface area contributed by atoms with Gasteiger partial charge in [-0.25, -0.2) is 9.59 Å². The number of carbonyl (C=O) groups excluding carboxylic acids is 6. The van der Waals surface area contributed by atoms with Gasteiger partial charge in [-0.3, -0.25) is 24.0 Å². The SMILES string of the molecule is CC(C)(NC(=O)[C@@H](NC(=O)N[C@H](C(=O)N1CC(C(C)(C)C2(C)CCC2)C[C@H]1C(=O)NC(CC1CCC1)C(=O)C(N)=O)C(C)(C)C)C1CCCCC1)C(=O)O. The highest BCUT2D eigenvalue weighted by Gasteiger charge is 2.55. The molecule has 0 aromatic heterocycles. The van der Waals surface area contributed by atoms with Crippen LogP contribution < -0.4 is 27.0 Å². The molecule has 304 valence electrons. The van der Waals surface area contributed by atoms with Gasteiger partial charge in [0.15, 0.2) is 0 Å². The largest absolute Gasteiger partial charge is 0.480 e. The van der Waals surface area contributed by atoms with Crippen molar-refractivity contribution in [2.45, 2.75) is 169 Å². The fourth-order valence-corrected chi connectivity index (χ4v) is 8.86. The van der Waals surface area contributed by atoms with Crippen molar-refractivity contribution < 1.29 is 38.7 Å². The van der Waals surface area contributed by atoms with Crippen molar-refractivity contribution in [3.8, 4) is 0 Å². The molecule has 2 unspecified atom stereocenters. The van der Waals surface area contributed by atoms with Gasteiger partial charge in [0.05, 0.1) is 6.04 Å². The van der Waals surface area contributed by atoms with Crippen LogP contribution in [-0.4, -0.2) is 87.7 Å². The maximum atomic E-state index is 14.8. The first kappa shape index (κ1) is 43.0. The van der Waals surface area contributed by atoms with E-state index in [0.29, 0.717) is 25.7 Å². The van der Waals surface area contributed by atoms with Crippen molar-refractivity contribution in [2.75, 3.05) is 6.54 Å². The number of nitrogens with two attached hydrogens (primary N) is 1. The zero-order chi connectivity index (χ0) is 40.4. The van der Waals surface area contributed by atoms with E-state index in [4.69, 9.17) is 5.73 Å². The van der Waals surface area contributed by atoms with Gasteiger partial charge in [-0.05, 0) is 86.4 Å². The monoisotopic (exact) mass is 758 g/mol. The molecule has 3 saturated carbocycles. The number of carboxylic acid groups (broad SMARTS) is 1. The van der Waals surface area contributed by atoms with E-state index < -0.39 is 76.5 Å². The molecule has 6 amide bonds. The Labute approximate surface area is 320 Å². The predicted molar refractivity (Wildman–Crippen MR) is 203 cm³/mol. The zero-order valence-corrected chi connectivity index (χ0v) is 33.8. The van der Waals surface area contributed by atoms with Crippen LogP contribution in [0, 0.1) is 34.0 Å². The number of likely N-dealkylation sites (tertiary alicyclic amines) is 1. The Morgan fingerprint density at radius 2 is 1.44 bits per heavy atom. The molecule has 0 spiro atoms. The minimum atomic E-state index is -1.57. The summed E-state index contributed by atoms with van der Waals surface area (Å²) < 4.78 is 0. The van der Waals surface area contributed by atoms with Gasteiger partial charge in [0.25, 0.3) is 5.91 Å². The molecule has 0 aromatic rings. The molecule has 7 N–H and O–H groups in total. The number of rotatable bonds is 15. The van der Waals surface area contributed by atoms with Crippen LogP contribution in [0.5, 0.6) is 0 Å². The summed E-state index contributed by atoms with van der Waals surface area (Å²) in [5.74, 6) is -4.94. The topological polar surface area (TPSA) is 217 Å². The first-order valence-electron chi connectivity index (χ1n) is 20.1. The molecule has 4 fully saturated rings. The van der Waals surface area contributed by atoms with E-state index in [1.54, 1.807) is 20.8 Å². The minimum Gasteiger partial charge on any atom is -0.480 e. The third-order valence-electron chi connectivity index (χ3n) is 13.6. The molecule has 54 heavy (non-hydrogen) atoms. The van der Waals surface area contributed by atoms with E-state index in [1.807, 2.05) is 0 Å². The lowest BCUT2D eigenvalue weighted by Gasteiger charge is -2.54. The third kappa shape index (κ3) is 9.56. The highest BCUT2D eigenvalue weighted by molar-refractivity contribution is 6.37. The number of ketones is 1. The van der Waals surface area contributed by atoms with Crippen LogP contribution in [0.3, 0.4) is 0 Å². The van der Waals surface area contributed by atoms with Crippen molar-refractivity contribution >= 4 is 41.4 Å². The first-order chi connectivity index (χ1) is 25.0. The molecule has 1 heterocycles. The van der Waals surface area contributed by atoms with Gasteiger partial charge in [0.1, 0.15) is 23.7 Å². The summed E-state index contributed by atoms with van der Waals surface area (Å²) >= 11 is 0. The number of hydrogen-bond donors (Lipinski definition) is 6. The summed E-state index contributed by atoms with van der Waals surface area (Å²) in [6.45, 7) is 15.0.